The van der Waals surface area contributed by atoms with Crippen LogP contribution in [-0.2, 0) is 4.79 Å². The predicted octanol–water partition coefficient (Wildman–Crippen LogP) is 0.879. The van der Waals surface area contributed by atoms with E-state index in [4.69, 9.17) is 5.11 Å². The average molecular weight is 259 g/mol. The van der Waals surface area contributed by atoms with Crippen molar-refractivity contribution in [2.45, 2.75) is 45.2 Å². The summed E-state index contributed by atoms with van der Waals surface area (Å²) < 4.78 is 0. The van der Waals surface area contributed by atoms with Crippen LogP contribution in [0.15, 0.2) is 0 Å². The molecule has 0 aromatic carbocycles. The third kappa shape index (κ3) is 8.81. The van der Waals surface area contributed by atoms with Crippen LogP contribution in [0.2, 0.25) is 0 Å². The Hall–Kier alpha value is -1.30. The van der Waals surface area contributed by atoms with E-state index in [1.807, 2.05) is 27.9 Å². The first-order chi connectivity index (χ1) is 8.35. The first-order valence-corrected chi connectivity index (χ1v) is 6.28. The molecule has 0 heterocycles. The van der Waals surface area contributed by atoms with Gasteiger partial charge in [0.1, 0.15) is 0 Å². The number of hydrogen-bond donors (Lipinski definition) is 3. The van der Waals surface area contributed by atoms with Gasteiger partial charge in [0.05, 0.1) is 6.42 Å². The van der Waals surface area contributed by atoms with Crippen LogP contribution in [0.25, 0.3) is 0 Å². The van der Waals surface area contributed by atoms with Crippen molar-refractivity contribution >= 4 is 12.0 Å². The Morgan fingerprint density at radius 3 is 2.33 bits per heavy atom. The lowest BCUT2D eigenvalue weighted by Gasteiger charge is -2.20. The van der Waals surface area contributed by atoms with E-state index in [-0.39, 0.29) is 24.5 Å². The number of rotatable bonds is 8. The van der Waals surface area contributed by atoms with Crippen LogP contribution >= 0.6 is 0 Å². The number of carbonyl (C=O) groups is 2. The van der Waals surface area contributed by atoms with Gasteiger partial charge in [-0.25, -0.2) is 4.79 Å². The van der Waals surface area contributed by atoms with Crippen LogP contribution in [0.3, 0.4) is 0 Å². The zero-order valence-electron chi connectivity index (χ0n) is 11.7. The summed E-state index contributed by atoms with van der Waals surface area (Å²) in [6.07, 6.45) is 1.41. The number of amides is 2. The average Bonchev–Trinajstić information content (AvgIpc) is 2.24. The summed E-state index contributed by atoms with van der Waals surface area (Å²) in [6.45, 7) is 4.68. The highest BCUT2D eigenvalue weighted by Crippen LogP contribution is 1.98. The second-order valence-corrected chi connectivity index (χ2v) is 4.81. The SMILES string of the molecule is CCC(CC(=O)O)NC(=O)NC(C)CCN(C)C. The number of carboxylic acids is 1. The van der Waals surface area contributed by atoms with Crippen LogP contribution in [0.1, 0.15) is 33.1 Å². The van der Waals surface area contributed by atoms with Crippen molar-refractivity contribution in [1.82, 2.24) is 15.5 Å². The fraction of sp³-hybridized carbons (Fsp3) is 0.833. The van der Waals surface area contributed by atoms with Crippen molar-refractivity contribution in [2.75, 3.05) is 20.6 Å². The first-order valence-electron chi connectivity index (χ1n) is 6.28. The summed E-state index contributed by atoms with van der Waals surface area (Å²) in [7, 11) is 3.96. The molecular weight excluding hydrogens is 234 g/mol. The minimum atomic E-state index is -0.900. The monoisotopic (exact) mass is 259 g/mol. The molecular formula is C12H25N3O3. The number of hydrogen-bond acceptors (Lipinski definition) is 3. The van der Waals surface area contributed by atoms with E-state index in [2.05, 4.69) is 15.5 Å². The minimum Gasteiger partial charge on any atom is -0.481 e. The third-order valence-electron chi connectivity index (χ3n) is 2.64. The molecule has 18 heavy (non-hydrogen) atoms. The zero-order valence-corrected chi connectivity index (χ0v) is 11.7. The van der Waals surface area contributed by atoms with E-state index in [9.17, 15) is 9.59 Å². The van der Waals surface area contributed by atoms with Crippen molar-refractivity contribution in [3.63, 3.8) is 0 Å². The smallest absolute Gasteiger partial charge is 0.315 e. The molecule has 6 nitrogen and oxygen atoms in total. The Bertz CT molecular complexity index is 269. The second-order valence-electron chi connectivity index (χ2n) is 4.81. The number of nitrogens with zero attached hydrogens (tertiary/aromatic N) is 1. The summed E-state index contributed by atoms with van der Waals surface area (Å²) in [5.41, 5.74) is 0. The molecule has 2 unspecified atom stereocenters. The standard InChI is InChI=1S/C12H25N3O3/c1-5-10(8-11(16)17)14-12(18)13-9(2)6-7-15(3)4/h9-10H,5-8H2,1-4H3,(H,16,17)(H2,13,14,18). The Morgan fingerprint density at radius 1 is 1.28 bits per heavy atom. The topological polar surface area (TPSA) is 81.7 Å². The van der Waals surface area contributed by atoms with Gasteiger partial charge in [-0.3, -0.25) is 4.79 Å². The summed E-state index contributed by atoms with van der Waals surface area (Å²) >= 11 is 0. The van der Waals surface area contributed by atoms with Crippen LogP contribution in [0.4, 0.5) is 4.79 Å². The highest BCUT2D eigenvalue weighted by atomic mass is 16.4. The van der Waals surface area contributed by atoms with Crippen molar-refractivity contribution in [3.05, 3.63) is 0 Å². The number of urea groups is 1. The van der Waals surface area contributed by atoms with E-state index in [1.54, 1.807) is 0 Å². The highest BCUT2D eigenvalue weighted by molar-refractivity contribution is 5.75. The van der Waals surface area contributed by atoms with Crippen molar-refractivity contribution in [2.24, 2.45) is 0 Å². The molecule has 0 fully saturated rings. The van der Waals surface area contributed by atoms with Crippen LogP contribution in [-0.4, -0.2) is 54.7 Å². The molecule has 0 rings (SSSR count). The van der Waals surface area contributed by atoms with Crippen molar-refractivity contribution in [1.29, 1.82) is 0 Å². The lowest BCUT2D eigenvalue weighted by Crippen LogP contribution is -2.46. The maximum atomic E-state index is 11.6. The summed E-state index contributed by atoms with van der Waals surface area (Å²) in [5, 5.41) is 14.2. The normalized spacial score (nSPS) is 14.1. The molecule has 2 atom stereocenters. The number of carbonyl (C=O) groups excluding carboxylic acids is 1. The van der Waals surface area contributed by atoms with E-state index in [0.717, 1.165) is 13.0 Å². The van der Waals surface area contributed by atoms with Gasteiger partial charge in [-0.15, -0.1) is 0 Å². The van der Waals surface area contributed by atoms with Crippen LogP contribution in [0.5, 0.6) is 0 Å². The minimum absolute atomic E-state index is 0.0456. The quantitative estimate of drug-likeness (QED) is 0.604. The van der Waals surface area contributed by atoms with Gasteiger partial charge >= 0.3 is 12.0 Å². The summed E-state index contributed by atoms with van der Waals surface area (Å²) in [4.78, 5) is 24.2. The lowest BCUT2D eigenvalue weighted by molar-refractivity contribution is -0.137. The molecule has 106 valence electrons. The molecule has 0 aliphatic heterocycles. The van der Waals surface area contributed by atoms with E-state index < -0.39 is 5.97 Å². The number of nitrogens with one attached hydrogen (secondary N) is 2. The fourth-order valence-corrected chi connectivity index (χ4v) is 1.48. The second kappa shape index (κ2) is 8.74. The summed E-state index contributed by atoms with van der Waals surface area (Å²) in [5.74, 6) is -0.900. The van der Waals surface area contributed by atoms with Gasteiger partial charge in [0.2, 0.25) is 0 Å². The fourth-order valence-electron chi connectivity index (χ4n) is 1.48. The predicted molar refractivity (Wildman–Crippen MR) is 70.6 cm³/mol. The molecule has 0 aromatic rings. The van der Waals surface area contributed by atoms with Gasteiger partial charge in [0.15, 0.2) is 0 Å². The Labute approximate surface area is 109 Å². The Balaban J connectivity index is 3.96. The molecule has 0 aromatic heterocycles. The van der Waals surface area contributed by atoms with E-state index >= 15 is 0 Å². The molecule has 0 aliphatic carbocycles. The van der Waals surface area contributed by atoms with Gasteiger partial charge in [-0.1, -0.05) is 6.92 Å². The van der Waals surface area contributed by atoms with Gasteiger partial charge < -0.3 is 20.6 Å². The van der Waals surface area contributed by atoms with Gasteiger partial charge in [-0.05, 0) is 40.4 Å². The molecule has 0 saturated heterocycles. The maximum Gasteiger partial charge on any atom is 0.315 e. The molecule has 0 aliphatic rings. The largest absolute Gasteiger partial charge is 0.481 e. The van der Waals surface area contributed by atoms with Crippen LogP contribution in [0, 0.1) is 0 Å². The molecule has 6 heteroatoms. The van der Waals surface area contributed by atoms with Gasteiger partial charge in [0, 0.05) is 12.1 Å². The van der Waals surface area contributed by atoms with Crippen LogP contribution < -0.4 is 10.6 Å². The maximum absolute atomic E-state index is 11.6. The number of aliphatic carboxylic acids is 1. The van der Waals surface area contributed by atoms with E-state index in [1.165, 1.54) is 0 Å². The molecule has 0 radical (unpaired) electrons. The van der Waals surface area contributed by atoms with Crippen molar-refractivity contribution < 1.29 is 14.7 Å². The first kappa shape index (κ1) is 16.7. The van der Waals surface area contributed by atoms with Gasteiger partial charge in [-0.2, -0.15) is 0 Å². The molecule has 2 amide bonds. The number of carboxylic acid groups (broad SMARTS) is 1. The molecule has 0 saturated carbocycles. The lowest BCUT2D eigenvalue weighted by atomic mass is 10.1. The third-order valence-corrected chi connectivity index (χ3v) is 2.64. The molecule has 0 bridgehead atoms. The summed E-state index contributed by atoms with van der Waals surface area (Å²) in [6, 6.07) is -0.548. The van der Waals surface area contributed by atoms with Crippen molar-refractivity contribution in [3.8, 4) is 0 Å². The Kier molecular flexibility index (Phi) is 8.11. The Morgan fingerprint density at radius 2 is 1.89 bits per heavy atom. The molecule has 3 N–H and O–H groups in total. The van der Waals surface area contributed by atoms with E-state index in [0.29, 0.717) is 6.42 Å². The zero-order chi connectivity index (χ0) is 14.1. The molecule has 0 spiro atoms. The van der Waals surface area contributed by atoms with Gasteiger partial charge in [0.25, 0.3) is 0 Å². The highest BCUT2D eigenvalue weighted by Gasteiger charge is 2.15.